The summed E-state index contributed by atoms with van der Waals surface area (Å²) < 4.78 is 0.869. The Balaban J connectivity index is 2.39. The molecule has 0 aromatic carbocycles. The topological polar surface area (TPSA) is 41.5 Å². The fourth-order valence-corrected chi connectivity index (χ4v) is 2.26. The molecule has 0 saturated carbocycles. The summed E-state index contributed by atoms with van der Waals surface area (Å²) in [6, 6.07) is -0.214. The highest BCUT2D eigenvalue weighted by Gasteiger charge is 2.33. The van der Waals surface area contributed by atoms with Gasteiger partial charge in [-0.3, -0.25) is 4.79 Å². The van der Waals surface area contributed by atoms with Gasteiger partial charge >= 0.3 is 0 Å². The number of aliphatic imine (C=N–C) groups is 1. The van der Waals surface area contributed by atoms with Crippen molar-refractivity contribution >= 4 is 39.1 Å². The van der Waals surface area contributed by atoms with E-state index in [9.17, 15) is 4.79 Å². The fourth-order valence-electron chi connectivity index (χ4n) is 1.59. The van der Waals surface area contributed by atoms with Crippen LogP contribution in [0, 0.1) is 0 Å². The number of amides is 1. The predicted molar refractivity (Wildman–Crippen MR) is 64.4 cm³/mol. The number of nitrogens with one attached hydrogen (secondary N) is 1. The molecule has 2 rings (SSSR count). The molecule has 0 aromatic rings. The number of hydrogen-bond acceptors (Lipinski definition) is 2. The number of hydrogen-bond donors (Lipinski definition) is 1. The molecular weight excluding hydrogens is 279 g/mol. The van der Waals surface area contributed by atoms with E-state index < -0.39 is 0 Å². The Kier molecular flexibility index (Phi) is 2.98. The number of nitrogens with zero attached hydrogens (tertiary/aromatic N) is 1. The molecule has 0 radical (unpaired) electrons. The van der Waals surface area contributed by atoms with E-state index in [0.717, 1.165) is 10.2 Å². The molecule has 0 aromatic heterocycles. The SMILES string of the molecule is CCC1=NC2=CC=C(Br)C(Cl)C2NC1=O. The van der Waals surface area contributed by atoms with Crippen molar-refractivity contribution in [3.63, 3.8) is 0 Å². The van der Waals surface area contributed by atoms with Crippen LogP contribution in [0.2, 0.25) is 0 Å². The van der Waals surface area contributed by atoms with E-state index in [2.05, 4.69) is 26.2 Å². The molecule has 1 amide bonds. The quantitative estimate of drug-likeness (QED) is 0.738. The van der Waals surface area contributed by atoms with Crippen molar-refractivity contribution in [3.05, 3.63) is 22.3 Å². The second-order valence-corrected chi connectivity index (χ2v) is 4.79. The summed E-state index contributed by atoms with van der Waals surface area (Å²) in [5.74, 6) is -0.118. The summed E-state index contributed by atoms with van der Waals surface area (Å²) in [5, 5.41) is 2.59. The van der Waals surface area contributed by atoms with Gasteiger partial charge in [-0.05, 0) is 18.6 Å². The van der Waals surface area contributed by atoms with Gasteiger partial charge in [0.1, 0.15) is 5.71 Å². The summed E-state index contributed by atoms with van der Waals surface area (Å²) in [7, 11) is 0. The highest BCUT2D eigenvalue weighted by molar-refractivity contribution is 9.11. The lowest BCUT2D eigenvalue weighted by atomic mass is 10.0. The van der Waals surface area contributed by atoms with Gasteiger partial charge in [-0.15, -0.1) is 11.6 Å². The fraction of sp³-hybridized carbons (Fsp3) is 0.400. The van der Waals surface area contributed by atoms with Crippen molar-refractivity contribution in [2.75, 3.05) is 0 Å². The largest absolute Gasteiger partial charge is 0.341 e. The molecule has 2 aliphatic rings. The summed E-state index contributed by atoms with van der Waals surface area (Å²) >= 11 is 9.51. The number of allylic oxidation sites excluding steroid dienone is 2. The van der Waals surface area contributed by atoms with Crippen molar-refractivity contribution in [2.45, 2.75) is 24.8 Å². The van der Waals surface area contributed by atoms with E-state index in [-0.39, 0.29) is 17.3 Å². The zero-order valence-corrected chi connectivity index (χ0v) is 10.5. The summed E-state index contributed by atoms with van der Waals surface area (Å²) in [6.07, 6.45) is 4.38. The van der Waals surface area contributed by atoms with Crippen molar-refractivity contribution < 1.29 is 4.79 Å². The average molecular weight is 290 g/mol. The molecule has 15 heavy (non-hydrogen) atoms. The third kappa shape index (κ3) is 1.88. The van der Waals surface area contributed by atoms with Gasteiger partial charge in [-0.25, -0.2) is 4.99 Å². The normalized spacial score (nSPS) is 29.8. The number of alkyl halides is 1. The first kappa shape index (κ1) is 10.9. The maximum Gasteiger partial charge on any atom is 0.266 e. The monoisotopic (exact) mass is 288 g/mol. The van der Waals surface area contributed by atoms with Crippen LogP contribution in [0.4, 0.5) is 0 Å². The maximum atomic E-state index is 11.6. The molecular formula is C10H10BrClN2O. The minimum absolute atomic E-state index is 0.118. The first-order valence-corrected chi connectivity index (χ1v) is 5.96. The molecule has 1 aliphatic carbocycles. The van der Waals surface area contributed by atoms with E-state index in [4.69, 9.17) is 11.6 Å². The van der Waals surface area contributed by atoms with Crippen LogP contribution in [-0.2, 0) is 4.79 Å². The lowest BCUT2D eigenvalue weighted by Crippen LogP contribution is -2.49. The smallest absolute Gasteiger partial charge is 0.266 e. The molecule has 2 atom stereocenters. The average Bonchev–Trinajstić information content (AvgIpc) is 2.24. The minimum Gasteiger partial charge on any atom is -0.341 e. The first-order valence-electron chi connectivity index (χ1n) is 4.73. The van der Waals surface area contributed by atoms with Gasteiger partial charge in [0.15, 0.2) is 0 Å². The Morgan fingerprint density at radius 3 is 3.00 bits per heavy atom. The number of rotatable bonds is 1. The Morgan fingerprint density at radius 1 is 1.60 bits per heavy atom. The third-order valence-electron chi connectivity index (χ3n) is 2.44. The van der Waals surface area contributed by atoms with Crippen molar-refractivity contribution in [2.24, 2.45) is 4.99 Å². The number of fused-ring (bicyclic) bond motifs is 1. The van der Waals surface area contributed by atoms with E-state index in [1.54, 1.807) is 0 Å². The third-order valence-corrected chi connectivity index (χ3v) is 3.94. The van der Waals surface area contributed by atoms with Crippen molar-refractivity contribution in [3.8, 4) is 0 Å². The van der Waals surface area contributed by atoms with Gasteiger partial charge in [0, 0.05) is 4.48 Å². The van der Waals surface area contributed by atoms with Gasteiger partial charge in [0.25, 0.3) is 5.91 Å². The van der Waals surface area contributed by atoms with E-state index in [0.29, 0.717) is 12.1 Å². The molecule has 0 bridgehead atoms. The lowest BCUT2D eigenvalue weighted by molar-refractivity contribution is -0.115. The maximum absolute atomic E-state index is 11.6. The highest BCUT2D eigenvalue weighted by atomic mass is 79.9. The highest BCUT2D eigenvalue weighted by Crippen LogP contribution is 2.30. The van der Waals surface area contributed by atoms with Crippen LogP contribution in [0.1, 0.15) is 13.3 Å². The van der Waals surface area contributed by atoms with E-state index >= 15 is 0 Å². The van der Waals surface area contributed by atoms with Gasteiger partial charge in [-0.1, -0.05) is 22.9 Å². The Labute approximate surface area is 101 Å². The second kappa shape index (κ2) is 4.10. The van der Waals surface area contributed by atoms with Crippen molar-refractivity contribution in [1.29, 1.82) is 0 Å². The lowest BCUT2D eigenvalue weighted by Gasteiger charge is -2.30. The Bertz CT molecular complexity index is 400. The Morgan fingerprint density at radius 2 is 2.33 bits per heavy atom. The number of carbonyl (C=O) groups is 1. The molecule has 0 saturated heterocycles. The first-order chi connectivity index (χ1) is 7.13. The zero-order valence-electron chi connectivity index (χ0n) is 8.13. The Hall–Kier alpha value is -0.610. The van der Waals surface area contributed by atoms with Gasteiger partial charge in [0.2, 0.25) is 0 Å². The van der Waals surface area contributed by atoms with Crippen LogP contribution in [0.3, 0.4) is 0 Å². The molecule has 2 unspecified atom stereocenters. The molecule has 3 nitrogen and oxygen atoms in total. The van der Waals surface area contributed by atoms with Crippen LogP contribution in [-0.4, -0.2) is 23.0 Å². The predicted octanol–water partition coefficient (Wildman–Crippen LogP) is 2.12. The van der Waals surface area contributed by atoms with Crippen LogP contribution >= 0.6 is 27.5 Å². The zero-order chi connectivity index (χ0) is 11.0. The van der Waals surface area contributed by atoms with Gasteiger partial charge in [0.05, 0.1) is 17.1 Å². The van der Waals surface area contributed by atoms with Gasteiger partial charge < -0.3 is 5.32 Å². The standard InChI is InChI=1S/C10H10BrClN2O/c1-2-6-10(15)14-9-7(13-6)4-3-5(11)8(9)12/h3-4,8-9H,2H2,1H3,(H,14,15). The molecule has 1 heterocycles. The molecule has 5 heteroatoms. The van der Waals surface area contributed by atoms with Crippen LogP contribution in [0.15, 0.2) is 27.3 Å². The van der Waals surface area contributed by atoms with Gasteiger partial charge in [-0.2, -0.15) is 0 Å². The molecule has 80 valence electrons. The van der Waals surface area contributed by atoms with E-state index in [1.807, 2.05) is 19.1 Å². The summed E-state index contributed by atoms with van der Waals surface area (Å²) in [5.41, 5.74) is 1.39. The van der Waals surface area contributed by atoms with Crippen LogP contribution in [0.5, 0.6) is 0 Å². The van der Waals surface area contributed by atoms with E-state index in [1.165, 1.54) is 0 Å². The van der Waals surface area contributed by atoms with Crippen LogP contribution < -0.4 is 5.32 Å². The molecule has 0 spiro atoms. The van der Waals surface area contributed by atoms with Crippen LogP contribution in [0.25, 0.3) is 0 Å². The summed E-state index contributed by atoms with van der Waals surface area (Å²) in [6.45, 7) is 1.91. The molecule has 0 fully saturated rings. The minimum atomic E-state index is -0.267. The summed E-state index contributed by atoms with van der Waals surface area (Å²) in [4.78, 5) is 15.9. The molecule has 1 aliphatic heterocycles. The number of halogens is 2. The number of carbonyl (C=O) groups excluding carboxylic acids is 1. The van der Waals surface area contributed by atoms with Crippen molar-refractivity contribution in [1.82, 2.24) is 5.32 Å². The molecule has 1 N–H and O–H groups in total. The second-order valence-electron chi connectivity index (χ2n) is 3.41.